The lowest BCUT2D eigenvalue weighted by molar-refractivity contribution is -0.118. The Balaban J connectivity index is 1.74. The Hall–Kier alpha value is -2.32. The summed E-state index contributed by atoms with van der Waals surface area (Å²) in [5.41, 5.74) is 2.35. The summed E-state index contributed by atoms with van der Waals surface area (Å²) < 4.78 is 5.38. The van der Waals surface area contributed by atoms with E-state index in [0.29, 0.717) is 28.6 Å². The molecule has 0 radical (unpaired) electrons. The average Bonchev–Trinajstić information content (AvgIpc) is 3.14. The molecule has 0 aliphatic heterocycles. The molecule has 0 saturated carbocycles. The molecule has 8 heteroatoms. The van der Waals surface area contributed by atoms with Crippen LogP contribution in [0.4, 0.5) is 10.7 Å². The van der Waals surface area contributed by atoms with Crippen LogP contribution in [0.3, 0.4) is 0 Å². The summed E-state index contributed by atoms with van der Waals surface area (Å²) in [7, 11) is 0. The first-order chi connectivity index (χ1) is 17.7. The second-order valence-electron chi connectivity index (χ2n) is 12.3. The van der Waals surface area contributed by atoms with E-state index in [2.05, 4.69) is 31.4 Å². The van der Waals surface area contributed by atoms with Gasteiger partial charge in [0, 0.05) is 21.9 Å². The van der Waals surface area contributed by atoms with Gasteiger partial charge in [0.15, 0.2) is 0 Å². The Morgan fingerprint density at radius 2 is 1.84 bits per heavy atom. The van der Waals surface area contributed by atoms with E-state index in [0.717, 1.165) is 29.7 Å². The van der Waals surface area contributed by atoms with Gasteiger partial charge in [-0.1, -0.05) is 47.6 Å². The number of esters is 1. The zero-order valence-corrected chi connectivity index (χ0v) is 25.6. The van der Waals surface area contributed by atoms with Crippen LogP contribution in [0.1, 0.15) is 89.0 Å². The molecule has 2 aromatic rings. The van der Waals surface area contributed by atoms with Gasteiger partial charge in [0.05, 0.1) is 17.4 Å². The minimum Gasteiger partial charge on any atom is -0.462 e. The van der Waals surface area contributed by atoms with Gasteiger partial charge < -0.3 is 15.4 Å². The van der Waals surface area contributed by atoms with Crippen LogP contribution in [0.25, 0.3) is 0 Å². The first-order valence-electron chi connectivity index (χ1n) is 13.4. The lowest BCUT2D eigenvalue weighted by Crippen LogP contribution is -2.27. The third-order valence-corrected chi connectivity index (χ3v) is 8.96. The molecule has 1 aliphatic carbocycles. The van der Waals surface area contributed by atoms with E-state index in [9.17, 15) is 14.4 Å². The fourth-order valence-electron chi connectivity index (χ4n) is 4.64. The molecule has 1 aliphatic rings. The van der Waals surface area contributed by atoms with Crippen LogP contribution < -0.4 is 10.6 Å². The van der Waals surface area contributed by atoms with Gasteiger partial charge in [0.1, 0.15) is 5.00 Å². The normalized spacial score (nSPS) is 16.4. The minimum absolute atomic E-state index is 0.0349. The maximum Gasteiger partial charge on any atom is 0.341 e. The highest BCUT2D eigenvalue weighted by atomic mass is 32.2. The first-order valence-corrected chi connectivity index (χ1v) is 15.1. The van der Waals surface area contributed by atoms with Crippen molar-refractivity contribution in [2.75, 3.05) is 17.2 Å². The molecule has 2 amide bonds. The van der Waals surface area contributed by atoms with Gasteiger partial charge in [-0.15, -0.1) is 23.1 Å². The second kappa shape index (κ2) is 12.2. The van der Waals surface area contributed by atoms with Crippen LogP contribution >= 0.6 is 23.1 Å². The third kappa shape index (κ3) is 8.09. The molecule has 1 heterocycles. The van der Waals surface area contributed by atoms with Crippen molar-refractivity contribution < 1.29 is 19.1 Å². The van der Waals surface area contributed by atoms with Gasteiger partial charge in [-0.3, -0.25) is 9.59 Å². The summed E-state index contributed by atoms with van der Waals surface area (Å²) in [6, 6.07) is 7.53. The fraction of sp³-hybridized carbons (Fsp3) is 0.567. The van der Waals surface area contributed by atoms with E-state index < -0.39 is 5.25 Å². The van der Waals surface area contributed by atoms with Crippen molar-refractivity contribution in [3.05, 3.63) is 40.3 Å². The molecular formula is C30H42N2O4S2. The molecule has 38 heavy (non-hydrogen) atoms. The summed E-state index contributed by atoms with van der Waals surface area (Å²) in [5, 5.41) is 6.17. The first kappa shape index (κ1) is 30.2. The Morgan fingerprint density at radius 1 is 1.13 bits per heavy atom. The third-order valence-electron chi connectivity index (χ3n) is 6.70. The monoisotopic (exact) mass is 558 g/mol. The molecule has 0 fully saturated rings. The van der Waals surface area contributed by atoms with E-state index in [-0.39, 0.29) is 35.2 Å². The second-order valence-corrected chi connectivity index (χ2v) is 14.8. The number of benzene rings is 1. The predicted octanol–water partition coefficient (Wildman–Crippen LogP) is 7.57. The Morgan fingerprint density at radius 3 is 2.47 bits per heavy atom. The summed E-state index contributed by atoms with van der Waals surface area (Å²) in [4.78, 5) is 40.6. The van der Waals surface area contributed by atoms with Crippen molar-refractivity contribution in [1.82, 2.24) is 0 Å². The molecule has 3 rings (SSSR count). The highest BCUT2D eigenvalue weighted by Crippen LogP contribution is 2.44. The fourth-order valence-corrected chi connectivity index (χ4v) is 6.88. The Kier molecular flexibility index (Phi) is 9.74. The van der Waals surface area contributed by atoms with Crippen LogP contribution in [0, 0.1) is 16.7 Å². The molecule has 0 saturated heterocycles. The van der Waals surface area contributed by atoms with Crippen molar-refractivity contribution in [3.8, 4) is 0 Å². The molecule has 6 nitrogen and oxygen atoms in total. The van der Waals surface area contributed by atoms with Gasteiger partial charge in [0.25, 0.3) is 0 Å². The molecule has 0 bridgehead atoms. The standard InChI is InChI=1S/C30H42N2O4S2/c1-9-36-28(35)25-22-14-13-19(30(6,7)8)15-23(22)38-27(25)32-26(34)18(2)37-21-12-10-11-20(16-21)31-24(33)17-29(3,4)5/h10-12,16,18-19H,9,13-15,17H2,1-8H3,(H,31,33)(H,32,34). The number of amides is 2. The van der Waals surface area contributed by atoms with Crippen molar-refractivity contribution in [3.63, 3.8) is 0 Å². The number of carbonyl (C=O) groups is 3. The van der Waals surface area contributed by atoms with Gasteiger partial charge >= 0.3 is 5.97 Å². The number of rotatable bonds is 8. The number of ether oxygens (including phenoxy) is 1. The number of carbonyl (C=O) groups excluding carboxylic acids is 3. The smallest absolute Gasteiger partial charge is 0.341 e. The van der Waals surface area contributed by atoms with Crippen molar-refractivity contribution in [2.45, 2.75) is 91.2 Å². The van der Waals surface area contributed by atoms with E-state index in [1.54, 1.807) is 6.92 Å². The number of hydrogen-bond acceptors (Lipinski definition) is 6. The van der Waals surface area contributed by atoms with Gasteiger partial charge in [-0.25, -0.2) is 4.79 Å². The quantitative estimate of drug-likeness (QED) is 0.258. The number of thioether (sulfide) groups is 1. The van der Waals surface area contributed by atoms with Crippen LogP contribution in [0.15, 0.2) is 29.2 Å². The molecule has 0 spiro atoms. The maximum atomic E-state index is 13.3. The minimum atomic E-state index is -0.410. The SMILES string of the molecule is CCOC(=O)c1c(NC(=O)C(C)Sc2cccc(NC(=O)CC(C)(C)C)c2)sc2c1CCC(C(C)(C)C)C2. The van der Waals surface area contributed by atoms with Crippen LogP contribution in [-0.4, -0.2) is 29.6 Å². The number of hydrogen-bond donors (Lipinski definition) is 2. The number of anilines is 2. The van der Waals surface area contributed by atoms with E-state index in [1.807, 2.05) is 52.0 Å². The largest absolute Gasteiger partial charge is 0.462 e. The molecule has 208 valence electrons. The van der Waals surface area contributed by atoms with E-state index >= 15 is 0 Å². The van der Waals surface area contributed by atoms with Crippen molar-refractivity contribution in [1.29, 1.82) is 0 Å². The summed E-state index contributed by atoms with van der Waals surface area (Å²) in [6.45, 7) is 16.8. The van der Waals surface area contributed by atoms with Crippen LogP contribution in [-0.2, 0) is 27.2 Å². The zero-order valence-electron chi connectivity index (χ0n) is 23.9. The maximum absolute atomic E-state index is 13.3. The summed E-state index contributed by atoms with van der Waals surface area (Å²) in [5.74, 6) is -0.0487. The summed E-state index contributed by atoms with van der Waals surface area (Å²) >= 11 is 2.93. The molecule has 1 aromatic carbocycles. The number of fused-ring (bicyclic) bond motifs is 1. The van der Waals surface area contributed by atoms with Crippen molar-refractivity contribution >= 4 is 51.6 Å². The number of nitrogens with one attached hydrogen (secondary N) is 2. The zero-order chi connectivity index (χ0) is 28.3. The Bertz CT molecular complexity index is 1170. The van der Waals surface area contributed by atoms with Gasteiger partial charge in [-0.05, 0) is 73.6 Å². The van der Waals surface area contributed by atoms with E-state index in [4.69, 9.17) is 4.74 Å². The molecule has 2 N–H and O–H groups in total. The average molecular weight is 559 g/mol. The highest BCUT2D eigenvalue weighted by Gasteiger charge is 2.34. The van der Waals surface area contributed by atoms with Crippen molar-refractivity contribution in [2.24, 2.45) is 16.7 Å². The number of thiophene rings is 1. The van der Waals surface area contributed by atoms with E-state index in [1.165, 1.54) is 28.0 Å². The predicted molar refractivity (Wildman–Crippen MR) is 158 cm³/mol. The topological polar surface area (TPSA) is 84.5 Å². The Labute approximate surface area is 235 Å². The molecule has 2 atom stereocenters. The summed E-state index contributed by atoms with van der Waals surface area (Å²) in [6.07, 6.45) is 3.16. The van der Waals surface area contributed by atoms with Crippen LogP contribution in [0.5, 0.6) is 0 Å². The highest BCUT2D eigenvalue weighted by molar-refractivity contribution is 8.00. The molecule has 2 unspecified atom stereocenters. The molecular weight excluding hydrogens is 516 g/mol. The van der Waals surface area contributed by atoms with Gasteiger partial charge in [-0.2, -0.15) is 0 Å². The lowest BCUT2D eigenvalue weighted by Gasteiger charge is -2.33. The van der Waals surface area contributed by atoms with Crippen LogP contribution in [0.2, 0.25) is 0 Å². The lowest BCUT2D eigenvalue weighted by atomic mass is 9.72. The van der Waals surface area contributed by atoms with Gasteiger partial charge in [0.2, 0.25) is 11.8 Å². The molecule has 1 aromatic heterocycles.